The zero-order valence-electron chi connectivity index (χ0n) is 9.90. The lowest BCUT2D eigenvalue weighted by Crippen LogP contribution is -2.34. The second kappa shape index (κ2) is 4.79. The van der Waals surface area contributed by atoms with E-state index < -0.39 is 11.9 Å². The number of rotatable bonds is 1. The van der Waals surface area contributed by atoms with Gasteiger partial charge < -0.3 is 9.64 Å². The van der Waals surface area contributed by atoms with E-state index in [0.29, 0.717) is 5.69 Å². The summed E-state index contributed by atoms with van der Waals surface area (Å²) in [5, 5.41) is 0. The highest BCUT2D eigenvalue weighted by Crippen LogP contribution is 2.20. The maximum atomic E-state index is 11.6. The van der Waals surface area contributed by atoms with Crippen molar-refractivity contribution in [3.63, 3.8) is 0 Å². The highest BCUT2D eigenvalue weighted by molar-refractivity contribution is 6.38. The van der Waals surface area contributed by atoms with Gasteiger partial charge in [0.1, 0.15) is 0 Å². The first-order valence-corrected chi connectivity index (χ1v) is 4.90. The first-order valence-electron chi connectivity index (χ1n) is 4.90. The Balaban J connectivity index is 3.01. The second-order valence-corrected chi connectivity index (χ2v) is 3.65. The van der Waals surface area contributed by atoms with Crippen LogP contribution < -0.4 is 4.90 Å². The number of aryl methyl sites for hydroxylation is 2. The molecule has 1 rings (SSSR count). The number of hydrogen-bond donors (Lipinski definition) is 0. The molecule has 0 heterocycles. The van der Waals surface area contributed by atoms with E-state index in [2.05, 4.69) is 4.74 Å². The number of hydrogen-bond acceptors (Lipinski definition) is 3. The molecule has 0 radical (unpaired) electrons. The molecule has 86 valence electrons. The standard InChI is InChI=1S/C12H15NO3/c1-8-5-6-10(9(2)7-8)13(3)11(14)12(15)16-4/h5-7H,1-4H3. The summed E-state index contributed by atoms with van der Waals surface area (Å²) in [7, 11) is 2.74. The van der Waals surface area contributed by atoms with E-state index in [4.69, 9.17) is 0 Å². The fourth-order valence-corrected chi connectivity index (χ4v) is 1.52. The van der Waals surface area contributed by atoms with E-state index in [1.165, 1.54) is 12.0 Å². The van der Waals surface area contributed by atoms with Gasteiger partial charge in [0.15, 0.2) is 0 Å². The third kappa shape index (κ3) is 2.39. The summed E-state index contributed by atoms with van der Waals surface area (Å²) in [5.41, 5.74) is 2.76. The molecular weight excluding hydrogens is 206 g/mol. The van der Waals surface area contributed by atoms with Gasteiger partial charge in [0.25, 0.3) is 0 Å². The van der Waals surface area contributed by atoms with E-state index in [-0.39, 0.29) is 0 Å². The summed E-state index contributed by atoms with van der Waals surface area (Å²) in [6, 6.07) is 5.66. The van der Waals surface area contributed by atoms with Crippen LogP contribution in [0.2, 0.25) is 0 Å². The summed E-state index contributed by atoms with van der Waals surface area (Å²) in [5.74, 6) is -1.53. The fraction of sp³-hybridized carbons (Fsp3) is 0.333. The minimum atomic E-state index is -0.859. The largest absolute Gasteiger partial charge is 0.462 e. The lowest BCUT2D eigenvalue weighted by atomic mass is 10.1. The van der Waals surface area contributed by atoms with E-state index in [1.54, 1.807) is 7.05 Å². The van der Waals surface area contributed by atoms with Gasteiger partial charge in [-0.15, -0.1) is 0 Å². The molecule has 0 atom stereocenters. The molecule has 0 spiro atoms. The molecule has 16 heavy (non-hydrogen) atoms. The van der Waals surface area contributed by atoms with Crippen LogP contribution in [0.1, 0.15) is 11.1 Å². The highest BCUT2D eigenvalue weighted by atomic mass is 16.5. The van der Waals surface area contributed by atoms with Crippen molar-refractivity contribution in [2.24, 2.45) is 0 Å². The van der Waals surface area contributed by atoms with Gasteiger partial charge in [-0.05, 0) is 25.5 Å². The average molecular weight is 221 g/mol. The smallest absolute Gasteiger partial charge is 0.397 e. The number of amides is 1. The molecule has 0 aliphatic heterocycles. The Hall–Kier alpha value is -1.84. The topological polar surface area (TPSA) is 46.6 Å². The van der Waals surface area contributed by atoms with E-state index >= 15 is 0 Å². The maximum absolute atomic E-state index is 11.6. The molecule has 0 aliphatic carbocycles. The predicted molar refractivity (Wildman–Crippen MR) is 61.3 cm³/mol. The van der Waals surface area contributed by atoms with Gasteiger partial charge in [0, 0.05) is 12.7 Å². The van der Waals surface area contributed by atoms with Crippen LogP contribution in [-0.2, 0) is 14.3 Å². The monoisotopic (exact) mass is 221 g/mol. The van der Waals surface area contributed by atoms with Gasteiger partial charge in [0.2, 0.25) is 0 Å². The lowest BCUT2D eigenvalue weighted by Gasteiger charge is -2.18. The highest BCUT2D eigenvalue weighted by Gasteiger charge is 2.21. The average Bonchev–Trinajstić information content (AvgIpc) is 2.26. The Bertz CT molecular complexity index is 426. The maximum Gasteiger partial charge on any atom is 0.397 e. The SMILES string of the molecule is COC(=O)C(=O)N(C)c1ccc(C)cc1C. The van der Waals surface area contributed by atoms with Gasteiger partial charge in [0.05, 0.1) is 7.11 Å². The third-order valence-corrected chi connectivity index (χ3v) is 2.38. The minimum Gasteiger partial charge on any atom is -0.462 e. The fourth-order valence-electron chi connectivity index (χ4n) is 1.52. The molecule has 4 nitrogen and oxygen atoms in total. The van der Waals surface area contributed by atoms with Crippen molar-refractivity contribution < 1.29 is 14.3 Å². The Morgan fingerprint density at radius 1 is 1.25 bits per heavy atom. The summed E-state index contributed by atoms with van der Waals surface area (Å²) < 4.78 is 4.39. The van der Waals surface area contributed by atoms with E-state index in [9.17, 15) is 9.59 Å². The van der Waals surface area contributed by atoms with Crippen LogP contribution in [-0.4, -0.2) is 26.0 Å². The van der Waals surface area contributed by atoms with E-state index in [0.717, 1.165) is 11.1 Å². The number of likely N-dealkylation sites (N-methyl/N-ethyl adjacent to an activating group) is 1. The molecule has 4 heteroatoms. The lowest BCUT2D eigenvalue weighted by molar-refractivity contribution is -0.151. The number of carbonyl (C=O) groups excluding carboxylic acids is 2. The van der Waals surface area contributed by atoms with Crippen LogP contribution in [0.25, 0.3) is 0 Å². The number of methoxy groups -OCH3 is 1. The molecule has 1 amide bonds. The predicted octanol–water partition coefficient (Wildman–Crippen LogP) is 1.44. The molecule has 0 N–H and O–H groups in total. The first-order chi connectivity index (χ1) is 7.47. The Kier molecular flexibility index (Phi) is 3.66. The van der Waals surface area contributed by atoms with E-state index in [1.807, 2.05) is 32.0 Å². The molecule has 0 saturated carbocycles. The molecule has 0 aliphatic rings. The number of carbonyl (C=O) groups is 2. The van der Waals surface area contributed by atoms with Crippen molar-refractivity contribution in [1.82, 2.24) is 0 Å². The summed E-state index contributed by atoms with van der Waals surface area (Å²) in [4.78, 5) is 23.9. The Morgan fingerprint density at radius 3 is 2.38 bits per heavy atom. The Labute approximate surface area is 94.8 Å². The van der Waals surface area contributed by atoms with Crippen molar-refractivity contribution in [3.8, 4) is 0 Å². The van der Waals surface area contributed by atoms with Crippen LogP contribution >= 0.6 is 0 Å². The number of benzene rings is 1. The third-order valence-electron chi connectivity index (χ3n) is 2.38. The van der Waals surface area contributed by atoms with Gasteiger partial charge >= 0.3 is 11.9 Å². The Morgan fingerprint density at radius 2 is 1.88 bits per heavy atom. The number of esters is 1. The summed E-state index contributed by atoms with van der Waals surface area (Å²) in [6.45, 7) is 3.86. The molecule has 0 fully saturated rings. The number of ether oxygens (including phenoxy) is 1. The molecule has 0 bridgehead atoms. The number of anilines is 1. The summed E-state index contributed by atoms with van der Waals surface area (Å²) in [6.07, 6.45) is 0. The normalized spacial score (nSPS) is 9.75. The van der Waals surface area contributed by atoms with Crippen molar-refractivity contribution in [2.75, 3.05) is 19.1 Å². The van der Waals surface area contributed by atoms with Crippen LogP contribution in [0.4, 0.5) is 5.69 Å². The minimum absolute atomic E-state index is 0.672. The quantitative estimate of drug-likeness (QED) is 0.532. The van der Waals surface area contributed by atoms with Crippen molar-refractivity contribution in [2.45, 2.75) is 13.8 Å². The van der Waals surface area contributed by atoms with Crippen molar-refractivity contribution in [1.29, 1.82) is 0 Å². The van der Waals surface area contributed by atoms with Gasteiger partial charge in [-0.3, -0.25) is 4.79 Å². The molecule has 1 aromatic carbocycles. The van der Waals surface area contributed by atoms with Crippen LogP contribution in [0, 0.1) is 13.8 Å². The number of nitrogens with zero attached hydrogens (tertiary/aromatic N) is 1. The van der Waals surface area contributed by atoms with Crippen LogP contribution in [0.5, 0.6) is 0 Å². The van der Waals surface area contributed by atoms with Crippen LogP contribution in [0.15, 0.2) is 18.2 Å². The zero-order valence-corrected chi connectivity index (χ0v) is 9.90. The van der Waals surface area contributed by atoms with Crippen molar-refractivity contribution >= 4 is 17.6 Å². The summed E-state index contributed by atoms with van der Waals surface area (Å²) >= 11 is 0. The molecule has 0 aromatic heterocycles. The molecule has 0 saturated heterocycles. The van der Waals surface area contributed by atoms with Gasteiger partial charge in [-0.1, -0.05) is 17.7 Å². The first kappa shape index (κ1) is 12.2. The zero-order chi connectivity index (χ0) is 12.3. The van der Waals surface area contributed by atoms with Crippen LogP contribution in [0.3, 0.4) is 0 Å². The van der Waals surface area contributed by atoms with Gasteiger partial charge in [-0.2, -0.15) is 0 Å². The van der Waals surface area contributed by atoms with Crippen molar-refractivity contribution in [3.05, 3.63) is 29.3 Å². The second-order valence-electron chi connectivity index (χ2n) is 3.65. The molecule has 0 unspecified atom stereocenters. The molecular formula is C12H15NO3. The molecule has 1 aromatic rings. The van der Waals surface area contributed by atoms with Gasteiger partial charge in [-0.25, -0.2) is 4.79 Å².